The molecule has 0 saturated heterocycles. The van der Waals surface area contributed by atoms with Crippen LogP contribution < -0.4 is 0 Å². The quantitative estimate of drug-likeness (QED) is 0.311. The summed E-state index contributed by atoms with van der Waals surface area (Å²) in [6.07, 6.45) is 14.2. The summed E-state index contributed by atoms with van der Waals surface area (Å²) < 4.78 is 4.92. The van der Waals surface area contributed by atoms with Gasteiger partial charge in [-0.1, -0.05) is 38.3 Å². The van der Waals surface area contributed by atoms with Crippen LogP contribution in [0.1, 0.15) is 78.1 Å². The first kappa shape index (κ1) is 18.9. The highest BCUT2D eigenvalue weighted by Gasteiger charge is 2.32. The molecule has 126 valence electrons. The Morgan fingerprint density at radius 3 is 2.68 bits per heavy atom. The van der Waals surface area contributed by atoms with Gasteiger partial charge in [-0.05, 0) is 44.9 Å². The van der Waals surface area contributed by atoms with Crippen LogP contribution in [-0.2, 0) is 14.3 Å². The van der Waals surface area contributed by atoms with E-state index in [-0.39, 0.29) is 11.9 Å². The molecule has 1 aliphatic rings. The second kappa shape index (κ2) is 11.4. The summed E-state index contributed by atoms with van der Waals surface area (Å²) >= 11 is 0. The van der Waals surface area contributed by atoms with Crippen molar-refractivity contribution in [3.63, 3.8) is 0 Å². The van der Waals surface area contributed by atoms with Crippen LogP contribution in [0.5, 0.6) is 0 Å². The van der Waals surface area contributed by atoms with Crippen LogP contribution in [0.25, 0.3) is 0 Å². The SMILES string of the molecule is CC/C=C\C[C@H]1C(=O)CC[C@@H]1CCCCCCC(=O)OCC. The molecule has 3 heteroatoms. The number of carbonyl (C=O) groups is 2. The van der Waals surface area contributed by atoms with Crippen LogP contribution in [0.15, 0.2) is 12.2 Å². The second-order valence-electron chi connectivity index (χ2n) is 6.24. The average Bonchev–Trinajstić information content (AvgIpc) is 2.84. The molecule has 0 aromatic rings. The number of ketones is 1. The highest BCUT2D eigenvalue weighted by molar-refractivity contribution is 5.83. The second-order valence-corrected chi connectivity index (χ2v) is 6.24. The van der Waals surface area contributed by atoms with Gasteiger partial charge in [-0.2, -0.15) is 0 Å². The van der Waals surface area contributed by atoms with Gasteiger partial charge in [0.25, 0.3) is 0 Å². The van der Waals surface area contributed by atoms with E-state index in [1.807, 2.05) is 6.92 Å². The molecule has 0 aromatic heterocycles. The normalized spacial score (nSPS) is 21.6. The highest BCUT2D eigenvalue weighted by Crippen LogP contribution is 2.35. The van der Waals surface area contributed by atoms with Crippen molar-refractivity contribution in [2.45, 2.75) is 78.1 Å². The van der Waals surface area contributed by atoms with E-state index >= 15 is 0 Å². The molecule has 0 spiro atoms. The Labute approximate surface area is 135 Å². The van der Waals surface area contributed by atoms with Crippen molar-refractivity contribution in [3.05, 3.63) is 12.2 Å². The standard InChI is InChI=1S/C19H32O3/c1-3-5-8-12-17-16(14-15-18(17)20)11-9-6-7-10-13-19(21)22-4-2/h5,8,16-17H,3-4,6-7,9-15H2,1-2H3/b8-5-/t16-,17+/m0/s1. The van der Waals surface area contributed by atoms with Crippen molar-refractivity contribution in [1.29, 1.82) is 0 Å². The maximum absolute atomic E-state index is 12.0. The molecule has 0 aromatic carbocycles. The minimum Gasteiger partial charge on any atom is -0.466 e. The van der Waals surface area contributed by atoms with Crippen LogP contribution in [0.3, 0.4) is 0 Å². The summed E-state index contributed by atoms with van der Waals surface area (Å²) in [6, 6.07) is 0. The van der Waals surface area contributed by atoms with Gasteiger partial charge in [0.15, 0.2) is 0 Å². The minimum atomic E-state index is -0.0772. The Balaban J connectivity index is 2.14. The number of esters is 1. The fraction of sp³-hybridized carbons (Fsp3) is 0.789. The summed E-state index contributed by atoms with van der Waals surface area (Å²) in [6.45, 7) is 4.44. The van der Waals surface area contributed by atoms with E-state index in [0.29, 0.717) is 24.7 Å². The lowest BCUT2D eigenvalue weighted by Gasteiger charge is -2.16. The number of unbranched alkanes of at least 4 members (excludes halogenated alkanes) is 3. The average molecular weight is 308 g/mol. The molecule has 1 saturated carbocycles. The van der Waals surface area contributed by atoms with E-state index in [1.165, 1.54) is 6.42 Å². The fourth-order valence-electron chi connectivity index (χ4n) is 3.32. The molecule has 3 nitrogen and oxygen atoms in total. The van der Waals surface area contributed by atoms with E-state index in [2.05, 4.69) is 19.1 Å². The Bertz CT molecular complexity index is 360. The molecule has 0 amide bonds. The van der Waals surface area contributed by atoms with Gasteiger partial charge >= 0.3 is 5.97 Å². The molecule has 22 heavy (non-hydrogen) atoms. The van der Waals surface area contributed by atoms with Crippen molar-refractivity contribution in [2.24, 2.45) is 11.8 Å². The van der Waals surface area contributed by atoms with Crippen molar-refractivity contribution >= 4 is 11.8 Å². The molecule has 0 radical (unpaired) electrons. The van der Waals surface area contributed by atoms with Gasteiger partial charge in [0.1, 0.15) is 5.78 Å². The summed E-state index contributed by atoms with van der Waals surface area (Å²) in [5, 5.41) is 0. The predicted octanol–water partition coefficient (Wildman–Crippen LogP) is 4.84. The van der Waals surface area contributed by atoms with Crippen LogP contribution in [0.4, 0.5) is 0 Å². The molecule has 0 bridgehead atoms. The van der Waals surface area contributed by atoms with Gasteiger partial charge in [0, 0.05) is 18.8 Å². The maximum atomic E-state index is 12.0. The van der Waals surface area contributed by atoms with Crippen molar-refractivity contribution in [2.75, 3.05) is 6.61 Å². The van der Waals surface area contributed by atoms with Gasteiger partial charge < -0.3 is 4.74 Å². The first-order chi connectivity index (χ1) is 10.7. The van der Waals surface area contributed by atoms with Crippen molar-refractivity contribution in [1.82, 2.24) is 0 Å². The maximum Gasteiger partial charge on any atom is 0.305 e. The number of ether oxygens (including phenoxy) is 1. The Morgan fingerprint density at radius 1 is 1.18 bits per heavy atom. The third-order valence-corrected chi connectivity index (χ3v) is 4.55. The number of carbonyl (C=O) groups excluding carboxylic acids is 2. The number of hydrogen-bond acceptors (Lipinski definition) is 3. The third-order valence-electron chi connectivity index (χ3n) is 4.55. The topological polar surface area (TPSA) is 43.4 Å². The Kier molecular flexibility index (Phi) is 9.85. The van der Waals surface area contributed by atoms with Gasteiger partial charge in [-0.3, -0.25) is 9.59 Å². The van der Waals surface area contributed by atoms with Gasteiger partial charge in [0.2, 0.25) is 0 Å². The van der Waals surface area contributed by atoms with E-state index in [1.54, 1.807) is 0 Å². The molecule has 1 aliphatic carbocycles. The highest BCUT2D eigenvalue weighted by atomic mass is 16.5. The van der Waals surface area contributed by atoms with Crippen LogP contribution >= 0.6 is 0 Å². The Morgan fingerprint density at radius 2 is 1.95 bits per heavy atom. The molecule has 1 rings (SSSR count). The lowest BCUT2D eigenvalue weighted by molar-refractivity contribution is -0.143. The smallest absolute Gasteiger partial charge is 0.305 e. The first-order valence-corrected chi connectivity index (χ1v) is 9.02. The summed E-state index contributed by atoms with van der Waals surface area (Å²) in [7, 11) is 0. The summed E-state index contributed by atoms with van der Waals surface area (Å²) in [5.74, 6) is 1.24. The Hall–Kier alpha value is -1.12. The zero-order valence-corrected chi connectivity index (χ0v) is 14.3. The molecular formula is C19H32O3. The molecule has 0 heterocycles. The van der Waals surface area contributed by atoms with Crippen molar-refractivity contribution in [3.8, 4) is 0 Å². The third kappa shape index (κ3) is 7.24. The molecular weight excluding hydrogens is 276 g/mol. The molecule has 1 fully saturated rings. The number of rotatable bonds is 11. The minimum absolute atomic E-state index is 0.0772. The van der Waals surface area contributed by atoms with Gasteiger partial charge in [-0.25, -0.2) is 0 Å². The lowest BCUT2D eigenvalue weighted by atomic mass is 9.87. The summed E-state index contributed by atoms with van der Waals surface area (Å²) in [5.41, 5.74) is 0. The fourth-order valence-corrected chi connectivity index (χ4v) is 3.32. The van der Waals surface area contributed by atoms with Crippen LogP contribution in [0.2, 0.25) is 0 Å². The molecule has 2 atom stereocenters. The van der Waals surface area contributed by atoms with Crippen molar-refractivity contribution < 1.29 is 14.3 Å². The van der Waals surface area contributed by atoms with Crippen LogP contribution in [-0.4, -0.2) is 18.4 Å². The van der Waals surface area contributed by atoms with E-state index in [0.717, 1.165) is 51.4 Å². The molecule has 0 unspecified atom stereocenters. The van der Waals surface area contributed by atoms with E-state index in [9.17, 15) is 9.59 Å². The number of hydrogen-bond donors (Lipinski definition) is 0. The first-order valence-electron chi connectivity index (χ1n) is 9.02. The number of Topliss-reactive ketones (excluding diaryl/α,β-unsaturated/α-hetero) is 1. The molecule has 0 aliphatic heterocycles. The van der Waals surface area contributed by atoms with Gasteiger partial charge in [0.05, 0.1) is 6.61 Å². The lowest BCUT2D eigenvalue weighted by Crippen LogP contribution is -2.14. The van der Waals surface area contributed by atoms with Gasteiger partial charge in [-0.15, -0.1) is 0 Å². The zero-order valence-electron chi connectivity index (χ0n) is 14.3. The largest absolute Gasteiger partial charge is 0.466 e. The number of allylic oxidation sites excluding steroid dienone is 2. The monoisotopic (exact) mass is 308 g/mol. The molecule has 0 N–H and O–H groups in total. The van der Waals surface area contributed by atoms with E-state index < -0.39 is 0 Å². The zero-order chi connectivity index (χ0) is 16.2. The predicted molar refractivity (Wildman–Crippen MR) is 89.6 cm³/mol. The van der Waals surface area contributed by atoms with E-state index in [4.69, 9.17) is 4.74 Å². The van der Waals surface area contributed by atoms with Crippen LogP contribution in [0, 0.1) is 11.8 Å². The summed E-state index contributed by atoms with van der Waals surface area (Å²) in [4.78, 5) is 23.2.